The van der Waals surface area contributed by atoms with Gasteiger partial charge in [-0.2, -0.15) is 0 Å². The number of benzene rings is 1. The van der Waals surface area contributed by atoms with E-state index in [0.717, 1.165) is 30.3 Å². The van der Waals surface area contributed by atoms with Crippen molar-refractivity contribution >= 4 is 0 Å². The molecule has 0 spiro atoms. The van der Waals surface area contributed by atoms with Gasteiger partial charge >= 0.3 is 0 Å². The first-order chi connectivity index (χ1) is 9.51. The Morgan fingerprint density at radius 3 is 2.75 bits per heavy atom. The first-order valence-electron chi connectivity index (χ1n) is 7.60. The van der Waals surface area contributed by atoms with Crippen LogP contribution >= 0.6 is 0 Å². The van der Waals surface area contributed by atoms with Crippen molar-refractivity contribution in [2.45, 2.75) is 52.3 Å². The smallest absolute Gasteiger partial charge is 0.123 e. The van der Waals surface area contributed by atoms with E-state index in [9.17, 15) is 5.11 Å². The molecule has 1 N–H and O–H groups in total. The lowest BCUT2D eigenvalue weighted by molar-refractivity contribution is 0.121. The standard InChI is InChI=1S/C17H27NO2/c1-12-7-8-18(13(2)9-12)11-16-10-15(14(3)19)5-6-17(16)20-4/h5-6,10,12-14,19H,7-9,11H2,1-4H3. The third-order valence-electron chi connectivity index (χ3n) is 4.44. The molecule has 0 aliphatic carbocycles. The number of hydrogen-bond acceptors (Lipinski definition) is 3. The van der Waals surface area contributed by atoms with Crippen molar-refractivity contribution in [2.75, 3.05) is 13.7 Å². The lowest BCUT2D eigenvalue weighted by Gasteiger charge is -2.36. The van der Waals surface area contributed by atoms with Gasteiger partial charge in [0.25, 0.3) is 0 Å². The third kappa shape index (κ3) is 3.53. The maximum absolute atomic E-state index is 9.75. The summed E-state index contributed by atoms with van der Waals surface area (Å²) in [5.74, 6) is 1.74. The van der Waals surface area contributed by atoms with Gasteiger partial charge in [-0.3, -0.25) is 4.90 Å². The van der Waals surface area contributed by atoms with E-state index in [0.29, 0.717) is 6.04 Å². The van der Waals surface area contributed by atoms with Crippen LogP contribution in [0.1, 0.15) is 50.8 Å². The molecule has 20 heavy (non-hydrogen) atoms. The van der Waals surface area contributed by atoms with Crippen molar-refractivity contribution in [3.05, 3.63) is 29.3 Å². The summed E-state index contributed by atoms with van der Waals surface area (Å²) in [6.07, 6.45) is 2.10. The fraction of sp³-hybridized carbons (Fsp3) is 0.647. The normalized spacial score (nSPS) is 25.4. The van der Waals surface area contributed by atoms with E-state index in [4.69, 9.17) is 4.74 Å². The molecule has 0 amide bonds. The average molecular weight is 277 g/mol. The highest BCUT2D eigenvalue weighted by atomic mass is 16.5. The predicted molar refractivity (Wildman–Crippen MR) is 81.9 cm³/mol. The number of hydrogen-bond donors (Lipinski definition) is 1. The van der Waals surface area contributed by atoms with Gasteiger partial charge in [-0.25, -0.2) is 0 Å². The molecule has 3 atom stereocenters. The Labute approximate surface area is 122 Å². The molecule has 0 radical (unpaired) electrons. The molecule has 0 saturated carbocycles. The van der Waals surface area contributed by atoms with Crippen LogP contribution < -0.4 is 4.74 Å². The molecule has 1 aromatic rings. The molecular weight excluding hydrogens is 250 g/mol. The number of piperidine rings is 1. The highest BCUT2D eigenvalue weighted by Gasteiger charge is 2.23. The van der Waals surface area contributed by atoms with Crippen molar-refractivity contribution in [2.24, 2.45) is 5.92 Å². The first kappa shape index (κ1) is 15.3. The SMILES string of the molecule is COc1ccc(C(C)O)cc1CN1CCC(C)CC1C. The molecule has 1 aliphatic rings. The maximum atomic E-state index is 9.75. The first-order valence-corrected chi connectivity index (χ1v) is 7.60. The topological polar surface area (TPSA) is 32.7 Å². The van der Waals surface area contributed by atoms with Crippen LogP contribution in [-0.2, 0) is 6.54 Å². The molecule has 1 heterocycles. The summed E-state index contributed by atoms with van der Waals surface area (Å²) in [7, 11) is 1.71. The number of rotatable bonds is 4. The molecule has 3 heteroatoms. The van der Waals surface area contributed by atoms with Crippen LogP contribution in [0.25, 0.3) is 0 Å². The Kier molecular flexibility index (Phi) is 5.06. The van der Waals surface area contributed by atoms with E-state index in [1.54, 1.807) is 14.0 Å². The number of ether oxygens (including phenoxy) is 1. The number of aliphatic hydroxyl groups excluding tert-OH is 1. The highest BCUT2D eigenvalue weighted by molar-refractivity contribution is 5.38. The van der Waals surface area contributed by atoms with Crippen LogP contribution in [0.4, 0.5) is 0 Å². The molecule has 3 nitrogen and oxygen atoms in total. The van der Waals surface area contributed by atoms with Crippen LogP contribution in [0.5, 0.6) is 5.75 Å². The minimum absolute atomic E-state index is 0.432. The average Bonchev–Trinajstić information content (AvgIpc) is 2.41. The minimum Gasteiger partial charge on any atom is -0.496 e. The van der Waals surface area contributed by atoms with Crippen LogP contribution in [0.15, 0.2) is 18.2 Å². The Hall–Kier alpha value is -1.06. The van der Waals surface area contributed by atoms with Crippen LogP contribution in [0.3, 0.4) is 0 Å². The van der Waals surface area contributed by atoms with Crippen LogP contribution in [-0.4, -0.2) is 29.7 Å². The summed E-state index contributed by atoms with van der Waals surface area (Å²) >= 11 is 0. The summed E-state index contributed by atoms with van der Waals surface area (Å²) in [5, 5.41) is 9.75. The molecule has 1 aliphatic heterocycles. The molecule has 1 saturated heterocycles. The number of nitrogens with zero attached hydrogens (tertiary/aromatic N) is 1. The largest absolute Gasteiger partial charge is 0.496 e. The fourth-order valence-corrected chi connectivity index (χ4v) is 3.09. The predicted octanol–water partition coefficient (Wildman–Crippen LogP) is 3.37. The summed E-state index contributed by atoms with van der Waals surface area (Å²) < 4.78 is 5.47. The zero-order valence-electron chi connectivity index (χ0n) is 13.1. The Morgan fingerprint density at radius 1 is 1.40 bits per heavy atom. The zero-order chi connectivity index (χ0) is 14.7. The second kappa shape index (κ2) is 6.59. The quantitative estimate of drug-likeness (QED) is 0.916. The van der Waals surface area contributed by atoms with E-state index in [-0.39, 0.29) is 0 Å². The van der Waals surface area contributed by atoms with Gasteiger partial charge in [0.1, 0.15) is 5.75 Å². The lowest BCUT2D eigenvalue weighted by Crippen LogP contribution is -2.39. The Bertz CT molecular complexity index is 445. The maximum Gasteiger partial charge on any atom is 0.123 e. The molecule has 1 aromatic carbocycles. The van der Waals surface area contributed by atoms with Crippen molar-refractivity contribution in [1.82, 2.24) is 4.90 Å². The van der Waals surface area contributed by atoms with Gasteiger partial charge in [-0.1, -0.05) is 13.0 Å². The summed E-state index contributed by atoms with van der Waals surface area (Å²) in [4.78, 5) is 2.52. The van der Waals surface area contributed by atoms with E-state index in [1.165, 1.54) is 18.4 Å². The van der Waals surface area contributed by atoms with Crippen molar-refractivity contribution in [3.63, 3.8) is 0 Å². The van der Waals surface area contributed by atoms with Gasteiger partial charge < -0.3 is 9.84 Å². The lowest BCUT2D eigenvalue weighted by atomic mass is 9.93. The number of aliphatic hydroxyl groups is 1. The molecule has 112 valence electrons. The summed E-state index contributed by atoms with van der Waals surface area (Å²) in [6.45, 7) is 8.49. The third-order valence-corrected chi connectivity index (χ3v) is 4.44. The van der Waals surface area contributed by atoms with Crippen molar-refractivity contribution in [3.8, 4) is 5.75 Å². The minimum atomic E-state index is -0.432. The van der Waals surface area contributed by atoms with E-state index >= 15 is 0 Å². The molecule has 0 aromatic heterocycles. The van der Waals surface area contributed by atoms with Crippen LogP contribution in [0, 0.1) is 5.92 Å². The fourth-order valence-electron chi connectivity index (χ4n) is 3.09. The van der Waals surface area contributed by atoms with Gasteiger partial charge in [0.2, 0.25) is 0 Å². The second-order valence-electron chi connectivity index (χ2n) is 6.20. The molecule has 0 bridgehead atoms. The number of likely N-dealkylation sites (tertiary alicyclic amines) is 1. The molecule has 3 unspecified atom stereocenters. The second-order valence-corrected chi connectivity index (χ2v) is 6.20. The van der Waals surface area contributed by atoms with Gasteiger partial charge in [0.05, 0.1) is 13.2 Å². The molecule has 2 rings (SSSR count). The van der Waals surface area contributed by atoms with Gasteiger partial charge in [0, 0.05) is 18.2 Å². The van der Waals surface area contributed by atoms with E-state index in [2.05, 4.69) is 24.8 Å². The van der Waals surface area contributed by atoms with Crippen molar-refractivity contribution < 1.29 is 9.84 Å². The van der Waals surface area contributed by atoms with Crippen molar-refractivity contribution in [1.29, 1.82) is 0 Å². The molecule has 1 fully saturated rings. The highest BCUT2D eigenvalue weighted by Crippen LogP contribution is 2.28. The summed E-state index contributed by atoms with van der Waals surface area (Å²) in [5.41, 5.74) is 2.13. The van der Waals surface area contributed by atoms with Crippen LogP contribution in [0.2, 0.25) is 0 Å². The number of methoxy groups -OCH3 is 1. The van der Waals surface area contributed by atoms with Gasteiger partial charge in [-0.15, -0.1) is 0 Å². The van der Waals surface area contributed by atoms with Gasteiger partial charge in [-0.05, 0) is 56.8 Å². The monoisotopic (exact) mass is 277 g/mol. The Balaban J connectivity index is 2.16. The van der Waals surface area contributed by atoms with E-state index in [1.807, 2.05) is 12.1 Å². The molecular formula is C17H27NO2. The summed E-state index contributed by atoms with van der Waals surface area (Å²) in [6, 6.07) is 6.59. The van der Waals surface area contributed by atoms with E-state index < -0.39 is 6.10 Å². The zero-order valence-corrected chi connectivity index (χ0v) is 13.1. The van der Waals surface area contributed by atoms with Gasteiger partial charge in [0.15, 0.2) is 0 Å². The Morgan fingerprint density at radius 2 is 2.15 bits per heavy atom.